The van der Waals surface area contributed by atoms with Gasteiger partial charge in [0, 0.05) is 0 Å². The predicted octanol–water partition coefficient (Wildman–Crippen LogP) is 0.802. The number of nitriles is 1. The quantitative estimate of drug-likeness (QED) is 0.394. The molecular weight excluding hydrogens is 549 g/mol. The molecule has 1 heterocycles. The van der Waals surface area contributed by atoms with Crippen molar-refractivity contribution in [2.24, 2.45) is 17.0 Å². The third kappa shape index (κ3) is 5.23. The van der Waals surface area contributed by atoms with Crippen molar-refractivity contribution in [2.75, 3.05) is 0 Å². The topological polar surface area (TPSA) is 131 Å². The van der Waals surface area contributed by atoms with Crippen LogP contribution in [0.25, 0.3) is 3.58 Å². The first kappa shape index (κ1) is 24.5. The predicted molar refractivity (Wildman–Crippen MR) is 120 cm³/mol. The van der Waals surface area contributed by atoms with Gasteiger partial charge in [-0.3, -0.25) is 0 Å². The molecular formula is C25H27IN3O5-. The summed E-state index contributed by atoms with van der Waals surface area (Å²) >= 11 is -1.05. The Bertz CT molecular complexity index is 1060. The van der Waals surface area contributed by atoms with Gasteiger partial charge < -0.3 is 0 Å². The molecule has 3 aliphatic rings. The molecule has 0 saturated heterocycles. The van der Waals surface area contributed by atoms with Gasteiger partial charge in [0.1, 0.15) is 0 Å². The first-order chi connectivity index (χ1) is 16.4. The minimum atomic E-state index is -1.05. The van der Waals surface area contributed by atoms with Gasteiger partial charge in [0.15, 0.2) is 0 Å². The summed E-state index contributed by atoms with van der Waals surface area (Å²) in [4.78, 5) is 39.4. The second kappa shape index (κ2) is 10.8. The van der Waals surface area contributed by atoms with Gasteiger partial charge in [-0.25, -0.2) is 0 Å². The van der Waals surface area contributed by atoms with Crippen LogP contribution in [0.3, 0.4) is 0 Å². The van der Waals surface area contributed by atoms with Gasteiger partial charge in [0.05, 0.1) is 0 Å². The van der Waals surface area contributed by atoms with Crippen LogP contribution in [0.1, 0.15) is 56.9 Å². The summed E-state index contributed by atoms with van der Waals surface area (Å²) < 4.78 is 1.18. The first-order valence-corrected chi connectivity index (χ1v) is 13.8. The van der Waals surface area contributed by atoms with E-state index < -0.39 is 33.2 Å². The number of amides is 2. The molecule has 2 amide bonds. The summed E-state index contributed by atoms with van der Waals surface area (Å²) in [6, 6.07) is 8.77. The molecule has 2 N–H and O–H groups in total. The van der Waals surface area contributed by atoms with E-state index in [2.05, 4.69) is 11.2 Å². The van der Waals surface area contributed by atoms with Crippen molar-refractivity contribution in [3.05, 3.63) is 50.1 Å². The van der Waals surface area contributed by atoms with E-state index in [1.807, 2.05) is 6.08 Å². The van der Waals surface area contributed by atoms with E-state index in [1.54, 1.807) is 29.2 Å². The average Bonchev–Trinajstić information content (AvgIpc) is 3.30. The molecule has 2 fully saturated rings. The van der Waals surface area contributed by atoms with Crippen LogP contribution in [-0.4, -0.2) is 39.1 Å². The molecule has 1 aromatic carbocycles. The maximum absolute atomic E-state index is 13.9. The number of aliphatic hydroxyl groups excluding tert-OH is 1. The van der Waals surface area contributed by atoms with Crippen molar-refractivity contribution in [2.45, 2.75) is 63.5 Å². The van der Waals surface area contributed by atoms with Crippen LogP contribution >= 0.6 is 0 Å². The van der Waals surface area contributed by atoms with Crippen molar-refractivity contribution in [1.82, 2.24) is 4.90 Å². The van der Waals surface area contributed by atoms with Gasteiger partial charge in [-0.1, -0.05) is 0 Å². The van der Waals surface area contributed by atoms with Crippen LogP contribution < -0.4 is 21.2 Å². The Hall–Kier alpha value is -2.58. The monoisotopic (exact) mass is 576 g/mol. The SMILES string of the molecule is N#CC1CCC(C(=O)N(C2=C(C(=O)N=O)[I-]C(c3ccc(O)cc3)=C2)C2CCC(O)CC2)CC1. The molecule has 8 nitrogen and oxygen atoms in total. The van der Waals surface area contributed by atoms with Crippen LogP contribution in [0.15, 0.2) is 44.8 Å². The van der Waals surface area contributed by atoms with E-state index in [4.69, 9.17) is 0 Å². The maximum atomic E-state index is 13.9. The molecule has 0 aromatic heterocycles. The van der Waals surface area contributed by atoms with Crippen LogP contribution in [0, 0.1) is 28.1 Å². The number of phenolic OH excluding ortho intramolecular Hbond substituents is 1. The number of nitroso groups, excluding NO2 is 1. The Morgan fingerprint density at radius 1 is 1.03 bits per heavy atom. The van der Waals surface area contributed by atoms with E-state index >= 15 is 0 Å². The Labute approximate surface area is 208 Å². The van der Waals surface area contributed by atoms with E-state index in [0.717, 1.165) is 9.14 Å². The number of aliphatic hydroxyl groups is 1. The van der Waals surface area contributed by atoms with E-state index in [1.165, 1.54) is 0 Å². The van der Waals surface area contributed by atoms with Crippen molar-refractivity contribution in [3.8, 4) is 11.8 Å². The number of rotatable bonds is 5. The normalized spacial score (nSPS) is 27.2. The minimum absolute atomic E-state index is 0.0312. The summed E-state index contributed by atoms with van der Waals surface area (Å²) in [5, 5.41) is 31.6. The molecule has 4 rings (SSSR count). The Balaban J connectivity index is 1.71. The number of aromatic hydroxyl groups is 1. The summed E-state index contributed by atoms with van der Waals surface area (Å²) in [7, 11) is 0. The summed E-state index contributed by atoms with van der Waals surface area (Å²) in [5.41, 5.74) is 1.30. The zero-order valence-corrected chi connectivity index (χ0v) is 20.8. The summed E-state index contributed by atoms with van der Waals surface area (Å²) in [5.74, 6) is -1.05. The number of hydrogen-bond donors (Lipinski definition) is 2. The molecule has 2 aliphatic carbocycles. The molecule has 9 heteroatoms. The fourth-order valence-corrected chi connectivity index (χ4v) is 7.69. The van der Waals surface area contributed by atoms with Crippen LogP contribution in [-0.2, 0) is 9.59 Å². The molecule has 0 atom stereocenters. The van der Waals surface area contributed by atoms with E-state index in [-0.39, 0.29) is 29.5 Å². The van der Waals surface area contributed by atoms with Crippen LogP contribution in [0.4, 0.5) is 0 Å². The molecule has 0 spiro atoms. The number of benzene rings is 1. The second-order valence-electron chi connectivity index (χ2n) is 9.08. The van der Waals surface area contributed by atoms with Gasteiger partial charge >= 0.3 is 209 Å². The molecule has 0 radical (unpaired) electrons. The molecule has 0 bridgehead atoms. The standard InChI is InChI=1S/C25H27IN3O5/c27-14-15-1-3-17(4-2-15)25(33)29(18-7-11-20(31)12-8-18)22-13-21(26-23(22)24(32)28-34)16-5-9-19(30)10-6-16/h5-6,9-10,13,15,17-18,20,30-31H,1-4,7-8,11-12H2/q-1. The number of halogens is 1. The second-order valence-corrected chi connectivity index (χ2v) is 11.9. The van der Waals surface area contributed by atoms with Gasteiger partial charge in [0.25, 0.3) is 0 Å². The summed E-state index contributed by atoms with van der Waals surface area (Å²) in [6.07, 6.45) is 6.39. The van der Waals surface area contributed by atoms with Gasteiger partial charge in [-0.15, -0.1) is 0 Å². The first-order valence-electron chi connectivity index (χ1n) is 11.6. The number of allylic oxidation sites excluding steroid dienone is 1. The molecule has 2 saturated carbocycles. The summed E-state index contributed by atoms with van der Waals surface area (Å²) in [6.45, 7) is 0. The number of carbonyl (C=O) groups is 2. The molecule has 1 aromatic rings. The number of hydrogen-bond acceptors (Lipinski definition) is 6. The molecule has 180 valence electrons. The van der Waals surface area contributed by atoms with Gasteiger partial charge in [-0.05, 0) is 0 Å². The third-order valence-electron chi connectivity index (χ3n) is 6.89. The van der Waals surface area contributed by atoms with Crippen LogP contribution in [0.2, 0.25) is 0 Å². The van der Waals surface area contributed by atoms with E-state index in [0.29, 0.717) is 60.6 Å². The van der Waals surface area contributed by atoms with Crippen molar-refractivity contribution < 1.29 is 41.0 Å². The van der Waals surface area contributed by atoms with Crippen molar-refractivity contribution >= 4 is 15.4 Å². The molecule has 0 unspecified atom stereocenters. The van der Waals surface area contributed by atoms with Gasteiger partial charge in [-0.2, -0.15) is 0 Å². The third-order valence-corrected chi connectivity index (χ3v) is 9.95. The van der Waals surface area contributed by atoms with Crippen molar-refractivity contribution in [3.63, 3.8) is 0 Å². The number of nitrogens with zero attached hydrogens (tertiary/aromatic N) is 3. The number of carbonyl (C=O) groups excluding carboxylic acids is 2. The fourth-order valence-electron chi connectivity index (χ4n) is 4.96. The van der Waals surface area contributed by atoms with E-state index in [9.17, 15) is 30.0 Å². The average molecular weight is 576 g/mol. The molecule has 34 heavy (non-hydrogen) atoms. The zero-order chi connectivity index (χ0) is 24.2. The van der Waals surface area contributed by atoms with Crippen LogP contribution in [0.5, 0.6) is 5.75 Å². The Morgan fingerprint density at radius 3 is 2.26 bits per heavy atom. The number of phenols is 1. The fraction of sp³-hybridized carbons (Fsp3) is 0.480. The zero-order valence-electron chi connectivity index (χ0n) is 18.7. The van der Waals surface area contributed by atoms with Gasteiger partial charge in [0.2, 0.25) is 0 Å². The van der Waals surface area contributed by atoms with Crippen molar-refractivity contribution in [1.29, 1.82) is 5.26 Å². The molecule has 1 aliphatic heterocycles. The Morgan fingerprint density at radius 2 is 1.68 bits per heavy atom. The Kier molecular flexibility index (Phi) is 7.78.